The van der Waals surface area contributed by atoms with E-state index in [-0.39, 0.29) is 5.56 Å². The Morgan fingerprint density at radius 1 is 0.875 bits per heavy atom. The Balaban J connectivity index is 2.49. The number of furan rings is 1. The molecule has 3 rings (SSSR count). The lowest BCUT2D eigenvalue weighted by Crippen LogP contribution is -1.83. The van der Waals surface area contributed by atoms with Crippen molar-refractivity contribution in [3.63, 3.8) is 0 Å². The highest BCUT2D eigenvalue weighted by atomic mass is 19.3. The van der Waals surface area contributed by atoms with Gasteiger partial charge in [-0.15, -0.1) is 0 Å². The third-order valence-corrected chi connectivity index (χ3v) is 2.67. The number of rotatable bonds is 1. The fourth-order valence-electron chi connectivity index (χ4n) is 1.94. The highest BCUT2D eigenvalue weighted by Gasteiger charge is 2.16. The van der Waals surface area contributed by atoms with Crippen LogP contribution in [0.1, 0.15) is 12.0 Å². The van der Waals surface area contributed by atoms with E-state index in [4.69, 9.17) is 4.42 Å². The molecule has 2 aromatic carbocycles. The van der Waals surface area contributed by atoms with Crippen molar-refractivity contribution in [2.75, 3.05) is 0 Å². The van der Waals surface area contributed by atoms with Crippen LogP contribution in [-0.4, -0.2) is 0 Å². The molecular weight excluding hydrogens is 210 g/mol. The van der Waals surface area contributed by atoms with Gasteiger partial charge in [0.15, 0.2) is 0 Å². The van der Waals surface area contributed by atoms with E-state index in [1.165, 1.54) is 6.07 Å². The van der Waals surface area contributed by atoms with Crippen LogP contribution in [0.3, 0.4) is 0 Å². The highest BCUT2D eigenvalue weighted by Crippen LogP contribution is 2.34. The maximum absolute atomic E-state index is 12.8. The first-order valence-electron chi connectivity index (χ1n) is 4.95. The molecule has 3 aromatic rings. The van der Waals surface area contributed by atoms with Crippen molar-refractivity contribution in [2.45, 2.75) is 6.43 Å². The number of hydrogen-bond acceptors (Lipinski definition) is 1. The molecule has 1 heterocycles. The summed E-state index contributed by atoms with van der Waals surface area (Å²) in [6.45, 7) is 0. The van der Waals surface area contributed by atoms with Crippen molar-refractivity contribution in [1.29, 1.82) is 0 Å². The standard InChI is InChI=1S/C13H8F2O/c14-13(15)10-6-3-5-9-8-4-1-2-7-11(8)16-12(9)10/h1-7,13H. The van der Waals surface area contributed by atoms with Gasteiger partial charge in [-0.3, -0.25) is 0 Å². The van der Waals surface area contributed by atoms with Crippen LogP contribution in [0, 0.1) is 0 Å². The summed E-state index contributed by atoms with van der Waals surface area (Å²) in [6, 6.07) is 12.2. The van der Waals surface area contributed by atoms with Gasteiger partial charge in [0.1, 0.15) is 11.2 Å². The van der Waals surface area contributed by atoms with E-state index in [0.717, 1.165) is 10.8 Å². The SMILES string of the molecule is FC(F)c1cccc2c1oc1ccccc12. The molecule has 0 bridgehead atoms. The van der Waals surface area contributed by atoms with Gasteiger partial charge in [0.25, 0.3) is 6.43 Å². The van der Waals surface area contributed by atoms with Gasteiger partial charge in [-0.1, -0.05) is 30.3 Å². The lowest BCUT2D eigenvalue weighted by Gasteiger charge is -1.98. The maximum Gasteiger partial charge on any atom is 0.267 e. The van der Waals surface area contributed by atoms with E-state index < -0.39 is 6.43 Å². The van der Waals surface area contributed by atoms with Crippen molar-refractivity contribution in [2.24, 2.45) is 0 Å². The molecule has 0 aliphatic rings. The average Bonchev–Trinajstić information content (AvgIpc) is 2.67. The molecule has 0 amide bonds. The number of benzene rings is 2. The second-order valence-electron chi connectivity index (χ2n) is 3.62. The fraction of sp³-hybridized carbons (Fsp3) is 0.0769. The number of para-hydroxylation sites is 2. The second-order valence-corrected chi connectivity index (χ2v) is 3.62. The normalized spacial score (nSPS) is 11.7. The fourth-order valence-corrected chi connectivity index (χ4v) is 1.94. The highest BCUT2D eigenvalue weighted by molar-refractivity contribution is 6.05. The van der Waals surface area contributed by atoms with Crippen LogP contribution in [0.2, 0.25) is 0 Å². The Labute approximate surface area is 90.3 Å². The largest absolute Gasteiger partial charge is 0.456 e. The summed E-state index contributed by atoms with van der Waals surface area (Å²) in [5, 5.41) is 1.62. The molecule has 0 fully saturated rings. The number of halogens is 2. The number of fused-ring (bicyclic) bond motifs is 3. The zero-order valence-electron chi connectivity index (χ0n) is 8.28. The molecular formula is C13H8F2O. The van der Waals surface area contributed by atoms with E-state index in [1.807, 2.05) is 18.2 Å². The average molecular weight is 218 g/mol. The van der Waals surface area contributed by atoms with Crippen molar-refractivity contribution in [3.05, 3.63) is 48.0 Å². The molecule has 1 aromatic heterocycles. The van der Waals surface area contributed by atoms with Gasteiger partial charge < -0.3 is 4.42 Å². The Kier molecular flexibility index (Phi) is 1.93. The van der Waals surface area contributed by atoms with Gasteiger partial charge in [0.2, 0.25) is 0 Å². The first kappa shape index (κ1) is 9.33. The number of hydrogen-bond donors (Lipinski definition) is 0. The van der Waals surface area contributed by atoms with Crippen molar-refractivity contribution < 1.29 is 13.2 Å². The molecule has 0 saturated carbocycles. The summed E-state index contributed by atoms with van der Waals surface area (Å²) >= 11 is 0. The smallest absolute Gasteiger partial charge is 0.267 e. The molecule has 0 spiro atoms. The Morgan fingerprint density at radius 2 is 1.62 bits per heavy atom. The van der Waals surface area contributed by atoms with Gasteiger partial charge in [-0.2, -0.15) is 0 Å². The van der Waals surface area contributed by atoms with Crippen LogP contribution in [0.25, 0.3) is 21.9 Å². The topological polar surface area (TPSA) is 13.1 Å². The van der Waals surface area contributed by atoms with Crippen LogP contribution in [0.5, 0.6) is 0 Å². The molecule has 1 nitrogen and oxygen atoms in total. The molecule has 0 radical (unpaired) electrons. The predicted molar refractivity (Wildman–Crippen MR) is 58.7 cm³/mol. The lowest BCUT2D eigenvalue weighted by atomic mass is 10.1. The van der Waals surface area contributed by atoms with Crippen LogP contribution >= 0.6 is 0 Å². The predicted octanol–water partition coefficient (Wildman–Crippen LogP) is 4.52. The summed E-state index contributed by atoms with van der Waals surface area (Å²) in [7, 11) is 0. The van der Waals surface area contributed by atoms with E-state index in [1.54, 1.807) is 18.2 Å². The van der Waals surface area contributed by atoms with Gasteiger partial charge >= 0.3 is 0 Å². The number of alkyl halides is 2. The molecule has 0 unspecified atom stereocenters. The van der Waals surface area contributed by atoms with Gasteiger partial charge in [-0.05, 0) is 12.1 Å². The molecule has 0 saturated heterocycles. The van der Waals surface area contributed by atoms with Crippen molar-refractivity contribution >= 4 is 21.9 Å². The quantitative estimate of drug-likeness (QED) is 0.585. The van der Waals surface area contributed by atoms with Gasteiger partial charge in [0.05, 0.1) is 5.56 Å². The van der Waals surface area contributed by atoms with Crippen molar-refractivity contribution in [1.82, 2.24) is 0 Å². The first-order chi connectivity index (χ1) is 7.77. The summed E-state index contributed by atoms with van der Waals surface area (Å²) in [5.74, 6) is 0. The lowest BCUT2D eigenvalue weighted by molar-refractivity contribution is 0.152. The molecule has 0 aliphatic carbocycles. The molecule has 0 N–H and O–H groups in total. The zero-order chi connectivity index (χ0) is 11.1. The minimum atomic E-state index is -2.51. The Morgan fingerprint density at radius 3 is 2.44 bits per heavy atom. The zero-order valence-corrected chi connectivity index (χ0v) is 8.28. The van der Waals surface area contributed by atoms with Crippen LogP contribution in [0.15, 0.2) is 46.9 Å². The van der Waals surface area contributed by atoms with Gasteiger partial charge in [-0.25, -0.2) is 8.78 Å². The maximum atomic E-state index is 12.8. The molecule has 16 heavy (non-hydrogen) atoms. The minimum Gasteiger partial charge on any atom is -0.456 e. The Hall–Kier alpha value is -1.90. The van der Waals surface area contributed by atoms with Crippen molar-refractivity contribution in [3.8, 4) is 0 Å². The third kappa shape index (κ3) is 1.21. The third-order valence-electron chi connectivity index (χ3n) is 2.67. The Bertz CT molecular complexity index is 655. The van der Waals surface area contributed by atoms with Gasteiger partial charge in [0, 0.05) is 10.8 Å². The van der Waals surface area contributed by atoms with E-state index in [0.29, 0.717) is 11.2 Å². The molecule has 3 heteroatoms. The van der Waals surface area contributed by atoms with E-state index in [9.17, 15) is 8.78 Å². The molecule has 0 atom stereocenters. The van der Waals surface area contributed by atoms with E-state index >= 15 is 0 Å². The monoisotopic (exact) mass is 218 g/mol. The summed E-state index contributed by atoms with van der Waals surface area (Å²) in [6.07, 6.45) is -2.51. The van der Waals surface area contributed by atoms with Crippen LogP contribution in [-0.2, 0) is 0 Å². The summed E-state index contributed by atoms with van der Waals surface area (Å²) < 4.78 is 31.0. The molecule has 0 aliphatic heterocycles. The van der Waals surface area contributed by atoms with Crippen LogP contribution in [0.4, 0.5) is 8.78 Å². The molecule has 80 valence electrons. The minimum absolute atomic E-state index is 0.0475. The first-order valence-corrected chi connectivity index (χ1v) is 4.95. The summed E-state index contributed by atoms with van der Waals surface area (Å²) in [5.41, 5.74) is 0.887. The van der Waals surface area contributed by atoms with Crippen LogP contribution < -0.4 is 0 Å². The summed E-state index contributed by atoms with van der Waals surface area (Å²) in [4.78, 5) is 0. The second kappa shape index (κ2) is 3.30. The van der Waals surface area contributed by atoms with E-state index in [2.05, 4.69) is 0 Å².